The van der Waals surface area contributed by atoms with Crippen LogP contribution in [-0.4, -0.2) is 10.7 Å². The molecule has 0 heterocycles. The SMILES string of the molecule is CC#CC(C)(O)C(C)(C)CCCCCC=CCCC=CC. The van der Waals surface area contributed by atoms with E-state index in [1.54, 1.807) is 6.92 Å². The van der Waals surface area contributed by atoms with E-state index in [1.165, 1.54) is 19.3 Å². The number of aliphatic hydroxyl groups is 1. The van der Waals surface area contributed by atoms with Crippen molar-refractivity contribution in [2.45, 2.75) is 85.2 Å². The van der Waals surface area contributed by atoms with Crippen molar-refractivity contribution in [1.82, 2.24) is 0 Å². The van der Waals surface area contributed by atoms with Gasteiger partial charge in [0.05, 0.1) is 0 Å². The molecule has 0 aliphatic carbocycles. The summed E-state index contributed by atoms with van der Waals surface area (Å²) in [6.07, 6.45) is 17.0. The van der Waals surface area contributed by atoms with Crippen LogP contribution in [0, 0.1) is 17.3 Å². The predicted molar refractivity (Wildman–Crippen MR) is 94.1 cm³/mol. The maximum absolute atomic E-state index is 10.4. The van der Waals surface area contributed by atoms with Crippen LogP contribution in [0.4, 0.5) is 0 Å². The molecule has 1 N–H and O–H groups in total. The molecule has 120 valence electrons. The van der Waals surface area contributed by atoms with Gasteiger partial charge in [-0.1, -0.05) is 56.9 Å². The lowest BCUT2D eigenvalue weighted by molar-refractivity contribution is -0.00574. The van der Waals surface area contributed by atoms with E-state index in [-0.39, 0.29) is 5.41 Å². The van der Waals surface area contributed by atoms with Gasteiger partial charge in [0, 0.05) is 5.41 Å². The summed E-state index contributed by atoms with van der Waals surface area (Å²) in [5, 5.41) is 10.4. The number of hydrogen-bond acceptors (Lipinski definition) is 1. The second-order valence-electron chi connectivity index (χ2n) is 6.55. The molecule has 0 aliphatic rings. The topological polar surface area (TPSA) is 20.2 Å². The Kier molecular flexibility index (Phi) is 10.2. The molecule has 0 fully saturated rings. The van der Waals surface area contributed by atoms with Crippen LogP contribution >= 0.6 is 0 Å². The number of unbranched alkanes of at least 4 members (excludes halogenated alkanes) is 4. The third kappa shape index (κ3) is 8.79. The zero-order valence-electron chi connectivity index (χ0n) is 14.7. The van der Waals surface area contributed by atoms with Crippen LogP contribution in [0.5, 0.6) is 0 Å². The molecular weight excluding hydrogens is 256 g/mol. The molecule has 0 radical (unpaired) electrons. The Morgan fingerprint density at radius 2 is 1.52 bits per heavy atom. The normalized spacial score (nSPS) is 15.1. The lowest BCUT2D eigenvalue weighted by atomic mass is 9.73. The first-order chi connectivity index (χ1) is 9.87. The first-order valence-corrected chi connectivity index (χ1v) is 8.30. The Bertz CT molecular complexity index is 374. The molecular formula is C20H34O. The average molecular weight is 290 g/mol. The molecule has 21 heavy (non-hydrogen) atoms. The van der Waals surface area contributed by atoms with Crippen molar-refractivity contribution in [2.24, 2.45) is 5.41 Å². The van der Waals surface area contributed by atoms with Gasteiger partial charge >= 0.3 is 0 Å². The monoisotopic (exact) mass is 290 g/mol. The van der Waals surface area contributed by atoms with Gasteiger partial charge in [-0.25, -0.2) is 0 Å². The van der Waals surface area contributed by atoms with Gasteiger partial charge in [0.2, 0.25) is 0 Å². The minimum atomic E-state index is -0.894. The highest BCUT2D eigenvalue weighted by Gasteiger charge is 2.37. The van der Waals surface area contributed by atoms with E-state index in [0.717, 1.165) is 25.7 Å². The molecule has 0 bridgehead atoms. The highest BCUT2D eigenvalue weighted by Crippen LogP contribution is 2.35. The molecule has 1 nitrogen and oxygen atoms in total. The maximum atomic E-state index is 10.4. The van der Waals surface area contributed by atoms with Gasteiger partial charge in [-0.3, -0.25) is 0 Å². The fourth-order valence-electron chi connectivity index (χ4n) is 2.26. The first kappa shape index (κ1) is 20.0. The van der Waals surface area contributed by atoms with E-state index in [2.05, 4.69) is 56.9 Å². The molecule has 0 aromatic carbocycles. The van der Waals surface area contributed by atoms with E-state index in [9.17, 15) is 5.11 Å². The third-order valence-corrected chi connectivity index (χ3v) is 4.26. The van der Waals surface area contributed by atoms with Crippen LogP contribution in [0.25, 0.3) is 0 Å². The third-order valence-electron chi connectivity index (χ3n) is 4.26. The standard InChI is InChI=1S/C20H34O/c1-6-8-9-10-11-12-13-14-15-16-18-19(3,4)20(5,21)17-7-2/h6,8,11-12,21H,9-10,13-16,18H2,1-5H3. The highest BCUT2D eigenvalue weighted by atomic mass is 16.3. The van der Waals surface area contributed by atoms with Crippen LogP contribution < -0.4 is 0 Å². The molecule has 1 heteroatoms. The Morgan fingerprint density at radius 3 is 2.14 bits per heavy atom. The van der Waals surface area contributed by atoms with E-state index < -0.39 is 5.60 Å². The quantitative estimate of drug-likeness (QED) is 0.313. The Balaban J connectivity index is 3.82. The van der Waals surface area contributed by atoms with Crippen molar-refractivity contribution in [2.75, 3.05) is 0 Å². The Labute approximate surface area is 132 Å². The van der Waals surface area contributed by atoms with Gasteiger partial charge in [0.25, 0.3) is 0 Å². The van der Waals surface area contributed by atoms with Gasteiger partial charge in [-0.15, -0.1) is 5.92 Å². The lowest BCUT2D eigenvalue weighted by Crippen LogP contribution is -2.40. The molecule has 0 aliphatic heterocycles. The van der Waals surface area contributed by atoms with Crippen molar-refractivity contribution >= 4 is 0 Å². The predicted octanol–water partition coefficient (Wildman–Crippen LogP) is 5.65. The summed E-state index contributed by atoms with van der Waals surface area (Å²) in [5.41, 5.74) is -1.05. The zero-order chi connectivity index (χ0) is 16.2. The molecule has 0 saturated carbocycles. The maximum Gasteiger partial charge on any atom is 0.127 e. The molecule has 1 unspecified atom stereocenters. The summed E-state index contributed by atoms with van der Waals surface area (Å²) in [4.78, 5) is 0. The molecule has 0 aromatic heterocycles. The van der Waals surface area contributed by atoms with E-state index >= 15 is 0 Å². The summed E-state index contributed by atoms with van der Waals surface area (Å²) >= 11 is 0. The van der Waals surface area contributed by atoms with Crippen molar-refractivity contribution in [3.05, 3.63) is 24.3 Å². The fraction of sp³-hybridized carbons (Fsp3) is 0.700. The molecule has 0 amide bonds. The van der Waals surface area contributed by atoms with Crippen LogP contribution in [-0.2, 0) is 0 Å². The molecule has 0 rings (SSSR count). The number of rotatable bonds is 10. The van der Waals surface area contributed by atoms with Gasteiger partial charge in [0.1, 0.15) is 5.60 Å². The molecule has 0 aromatic rings. The first-order valence-electron chi connectivity index (χ1n) is 8.30. The second-order valence-corrected chi connectivity index (χ2v) is 6.55. The summed E-state index contributed by atoms with van der Waals surface area (Å²) in [7, 11) is 0. The summed E-state index contributed by atoms with van der Waals surface area (Å²) in [5.74, 6) is 5.78. The lowest BCUT2D eigenvalue weighted by Gasteiger charge is -2.36. The summed E-state index contributed by atoms with van der Waals surface area (Å²) < 4.78 is 0. The van der Waals surface area contributed by atoms with Crippen LogP contribution in [0.15, 0.2) is 24.3 Å². The smallest absolute Gasteiger partial charge is 0.127 e. The molecule has 0 saturated heterocycles. The minimum absolute atomic E-state index is 0.154. The van der Waals surface area contributed by atoms with E-state index in [1.807, 2.05) is 6.92 Å². The van der Waals surface area contributed by atoms with Crippen molar-refractivity contribution in [3.63, 3.8) is 0 Å². The van der Waals surface area contributed by atoms with Crippen LogP contribution in [0.1, 0.15) is 79.6 Å². The van der Waals surface area contributed by atoms with Gasteiger partial charge in [0.15, 0.2) is 0 Å². The van der Waals surface area contributed by atoms with Crippen molar-refractivity contribution in [3.8, 4) is 11.8 Å². The summed E-state index contributed by atoms with van der Waals surface area (Å²) in [6, 6.07) is 0. The minimum Gasteiger partial charge on any atom is -0.377 e. The Hall–Kier alpha value is -1.00. The van der Waals surface area contributed by atoms with E-state index in [4.69, 9.17) is 0 Å². The van der Waals surface area contributed by atoms with Crippen LogP contribution in [0.3, 0.4) is 0 Å². The number of allylic oxidation sites excluding steroid dienone is 4. The summed E-state index contributed by atoms with van der Waals surface area (Å²) in [6.45, 7) is 9.90. The van der Waals surface area contributed by atoms with Gasteiger partial charge in [-0.2, -0.15) is 0 Å². The molecule has 1 atom stereocenters. The van der Waals surface area contributed by atoms with Crippen molar-refractivity contribution < 1.29 is 5.11 Å². The van der Waals surface area contributed by atoms with E-state index in [0.29, 0.717) is 0 Å². The van der Waals surface area contributed by atoms with Crippen LogP contribution in [0.2, 0.25) is 0 Å². The van der Waals surface area contributed by atoms with Gasteiger partial charge < -0.3 is 5.11 Å². The fourth-order valence-corrected chi connectivity index (χ4v) is 2.26. The van der Waals surface area contributed by atoms with Gasteiger partial charge in [-0.05, 0) is 52.9 Å². The average Bonchev–Trinajstić information content (AvgIpc) is 2.40. The number of hydrogen-bond donors (Lipinski definition) is 1. The second kappa shape index (κ2) is 10.7. The zero-order valence-corrected chi connectivity index (χ0v) is 14.7. The Morgan fingerprint density at radius 1 is 0.905 bits per heavy atom. The molecule has 0 spiro atoms. The largest absolute Gasteiger partial charge is 0.377 e. The highest BCUT2D eigenvalue weighted by molar-refractivity contribution is 5.15. The van der Waals surface area contributed by atoms with Crippen molar-refractivity contribution in [1.29, 1.82) is 0 Å².